The quantitative estimate of drug-likeness (QED) is 0.536. The van der Waals surface area contributed by atoms with E-state index in [2.05, 4.69) is 5.32 Å². The molecule has 0 unspecified atom stereocenters. The van der Waals surface area contributed by atoms with Gasteiger partial charge in [0.25, 0.3) is 5.91 Å². The Morgan fingerprint density at radius 2 is 1.78 bits per heavy atom. The van der Waals surface area contributed by atoms with Crippen LogP contribution in [0.3, 0.4) is 0 Å². The standard InChI is InChI=1S/C27H34ClFN4O3/c1-31(26(34)24-9-6-20(16-25(24)29)19-4-7-21(28)8-5-19)23-11-14-33(18-23)27(35)32-13-10-22(17-32)30-12-3-15-36-2/h4-9,16,22-23,30H,3,10-15,17-18H2,1-2H3/t22-,23+/m1/s1. The molecule has 3 amide bonds. The first-order chi connectivity index (χ1) is 17.4. The SMILES string of the molecule is COCCCN[C@@H]1CCN(C(=O)N2CC[C@H](N(C)C(=O)c3ccc(-c4ccc(Cl)cc4)cc3F)C2)C1. The highest BCUT2D eigenvalue weighted by Crippen LogP contribution is 2.26. The van der Waals surface area contributed by atoms with Crippen molar-refractivity contribution in [1.29, 1.82) is 0 Å². The number of hydrogen-bond acceptors (Lipinski definition) is 4. The molecule has 0 bridgehead atoms. The van der Waals surface area contributed by atoms with Gasteiger partial charge in [0.15, 0.2) is 0 Å². The second kappa shape index (κ2) is 12.0. The summed E-state index contributed by atoms with van der Waals surface area (Å²) in [6.07, 6.45) is 2.55. The lowest BCUT2D eigenvalue weighted by Gasteiger charge is -2.27. The molecule has 2 atom stereocenters. The molecule has 194 valence electrons. The van der Waals surface area contributed by atoms with Gasteiger partial charge in [-0.25, -0.2) is 9.18 Å². The molecule has 0 saturated carbocycles. The molecule has 2 fully saturated rings. The number of ether oxygens (including phenoxy) is 1. The van der Waals surface area contributed by atoms with E-state index in [0.717, 1.165) is 38.1 Å². The van der Waals surface area contributed by atoms with E-state index in [1.807, 2.05) is 21.9 Å². The highest BCUT2D eigenvalue weighted by molar-refractivity contribution is 6.30. The first-order valence-corrected chi connectivity index (χ1v) is 12.8. The smallest absolute Gasteiger partial charge is 0.320 e. The summed E-state index contributed by atoms with van der Waals surface area (Å²) in [5, 5.41) is 4.09. The summed E-state index contributed by atoms with van der Waals surface area (Å²) in [4.78, 5) is 31.4. The number of carbonyl (C=O) groups excluding carboxylic acids is 2. The molecule has 2 aliphatic heterocycles. The van der Waals surface area contributed by atoms with Crippen molar-refractivity contribution >= 4 is 23.5 Å². The zero-order valence-electron chi connectivity index (χ0n) is 20.9. The van der Waals surface area contributed by atoms with Crippen molar-refractivity contribution in [3.63, 3.8) is 0 Å². The number of hydrogen-bond donors (Lipinski definition) is 1. The topological polar surface area (TPSA) is 65.1 Å². The third-order valence-electron chi connectivity index (χ3n) is 7.10. The van der Waals surface area contributed by atoms with Crippen LogP contribution in [-0.4, -0.2) is 92.2 Å². The van der Waals surface area contributed by atoms with Gasteiger partial charge in [-0.05, 0) is 61.2 Å². The van der Waals surface area contributed by atoms with Gasteiger partial charge in [0, 0.05) is 58.0 Å². The van der Waals surface area contributed by atoms with Crippen LogP contribution in [0.15, 0.2) is 42.5 Å². The zero-order chi connectivity index (χ0) is 25.7. The predicted octanol–water partition coefficient (Wildman–Crippen LogP) is 4.11. The second-order valence-corrected chi connectivity index (χ2v) is 9.96. The summed E-state index contributed by atoms with van der Waals surface area (Å²) in [5.74, 6) is -0.942. The van der Waals surface area contributed by atoms with E-state index >= 15 is 0 Å². The fourth-order valence-corrected chi connectivity index (χ4v) is 5.05. The Labute approximate surface area is 217 Å². The summed E-state index contributed by atoms with van der Waals surface area (Å²) in [6.45, 7) is 4.04. The number of rotatable bonds is 8. The van der Waals surface area contributed by atoms with Crippen molar-refractivity contribution in [2.75, 3.05) is 53.5 Å². The lowest BCUT2D eigenvalue weighted by Crippen LogP contribution is -2.45. The van der Waals surface area contributed by atoms with Gasteiger partial charge in [-0.15, -0.1) is 0 Å². The number of methoxy groups -OCH3 is 1. The molecule has 0 radical (unpaired) electrons. The van der Waals surface area contributed by atoms with Crippen molar-refractivity contribution in [2.45, 2.75) is 31.3 Å². The number of nitrogens with zero attached hydrogens (tertiary/aromatic N) is 3. The maximum atomic E-state index is 14.9. The molecule has 0 aromatic heterocycles. The van der Waals surface area contributed by atoms with Crippen LogP contribution in [0.2, 0.25) is 5.02 Å². The van der Waals surface area contributed by atoms with Crippen LogP contribution < -0.4 is 5.32 Å². The molecular formula is C27H34ClFN4O3. The molecule has 4 rings (SSSR count). The minimum Gasteiger partial charge on any atom is -0.385 e. The molecule has 2 aliphatic rings. The van der Waals surface area contributed by atoms with Crippen LogP contribution in [0.5, 0.6) is 0 Å². The first-order valence-electron chi connectivity index (χ1n) is 12.5. The lowest BCUT2D eigenvalue weighted by molar-refractivity contribution is 0.0730. The summed E-state index contributed by atoms with van der Waals surface area (Å²) < 4.78 is 20.0. The van der Waals surface area contributed by atoms with Crippen molar-refractivity contribution < 1.29 is 18.7 Å². The second-order valence-electron chi connectivity index (χ2n) is 9.52. The normalized spacial score (nSPS) is 19.7. The van der Waals surface area contributed by atoms with Crippen molar-refractivity contribution in [2.24, 2.45) is 0 Å². The molecule has 1 N–H and O–H groups in total. The van der Waals surface area contributed by atoms with E-state index in [1.54, 1.807) is 37.3 Å². The number of likely N-dealkylation sites (N-methyl/N-ethyl adjacent to an activating group) is 1. The van der Waals surface area contributed by atoms with Gasteiger partial charge >= 0.3 is 6.03 Å². The molecular weight excluding hydrogens is 483 g/mol. The minimum atomic E-state index is -0.564. The van der Waals surface area contributed by atoms with Crippen LogP contribution in [0, 0.1) is 5.82 Å². The lowest BCUT2D eigenvalue weighted by atomic mass is 10.0. The van der Waals surface area contributed by atoms with Crippen LogP contribution in [0.1, 0.15) is 29.6 Å². The highest BCUT2D eigenvalue weighted by Gasteiger charge is 2.36. The van der Waals surface area contributed by atoms with E-state index in [4.69, 9.17) is 16.3 Å². The third-order valence-corrected chi connectivity index (χ3v) is 7.35. The Bertz CT molecular complexity index is 1070. The molecule has 2 saturated heterocycles. The number of urea groups is 1. The maximum absolute atomic E-state index is 14.9. The van der Waals surface area contributed by atoms with Gasteiger partial charge in [0.2, 0.25) is 0 Å². The monoisotopic (exact) mass is 516 g/mol. The summed E-state index contributed by atoms with van der Waals surface area (Å²) in [6, 6.07) is 11.9. The van der Waals surface area contributed by atoms with Gasteiger partial charge in [0.1, 0.15) is 5.82 Å². The number of halogens is 2. The largest absolute Gasteiger partial charge is 0.385 e. The van der Waals surface area contributed by atoms with Crippen LogP contribution in [0.25, 0.3) is 11.1 Å². The van der Waals surface area contributed by atoms with E-state index in [0.29, 0.717) is 42.7 Å². The fourth-order valence-electron chi connectivity index (χ4n) is 4.92. The molecule has 36 heavy (non-hydrogen) atoms. The summed E-state index contributed by atoms with van der Waals surface area (Å²) >= 11 is 5.94. The third kappa shape index (κ3) is 6.17. The Hall–Kier alpha value is -2.68. The Balaban J connectivity index is 1.31. The predicted molar refractivity (Wildman–Crippen MR) is 139 cm³/mol. The number of likely N-dealkylation sites (tertiary alicyclic amines) is 2. The van der Waals surface area contributed by atoms with Gasteiger partial charge in [-0.1, -0.05) is 29.8 Å². The Kier molecular flexibility index (Phi) is 8.82. The number of amides is 3. The van der Waals surface area contributed by atoms with Gasteiger partial charge in [0.05, 0.1) is 11.6 Å². The Morgan fingerprint density at radius 3 is 2.50 bits per heavy atom. The van der Waals surface area contributed by atoms with E-state index in [1.165, 1.54) is 12.1 Å². The van der Waals surface area contributed by atoms with Crippen molar-refractivity contribution in [1.82, 2.24) is 20.0 Å². The number of nitrogens with one attached hydrogen (secondary N) is 1. The van der Waals surface area contributed by atoms with Crippen LogP contribution in [0.4, 0.5) is 9.18 Å². The zero-order valence-corrected chi connectivity index (χ0v) is 21.6. The first kappa shape index (κ1) is 26.4. The minimum absolute atomic E-state index is 0.0121. The number of benzene rings is 2. The fraction of sp³-hybridized carbons (Fsp3) is 0.481. The van der Waals surface area contributed by atoms with Crippen LogP contribution >= 0.6 is 11.6 Å². The van der Waals surface area contributed by atoms with Crippen molar-refractivity contribution in [3.05, 3.63) is 58.9 Å². The van der Waals surface area contributed by atoms with E-state index < -0.39 is 5.82 Å². The summed E-state index contributed by atoms with van der Waals surface area (Å²) in [5.41, 5.74) is 1.53. The molecule has 7 nitrogen and oxygen atoms in total. The van der Waals surface area contributed by atoms with Gasteiger partial charge in [-0.2, -0.15) is 0 Å². The van der Waals surface area contributed by atoms with Crippen molar-refractivity contribution in [3.8, 4) is 11.1 Å². The van der Waals surface area contributed by atoms with Gasteiger partial charge in [-0.3, -0.25) is 4.79 Å². The van der Waals surface area contributed by atoms with E-state index in [-0.39, 0.29) is 23.5 Å². The molecule has 2 heterocycles. The van der Waals surface area contributed by atoms with E-state index in [9.17, 15) is 14.0 Å². The Morgan fingerprint density at radius 1 is 1.08 bits per heavy atom. The average molecular weight is 517 g/mol. The average Bonchev–Trinajstić information content (AvgIpc) is 3.56. The summed E-state index contributed by atoms with van der Waals surface area (Å²) in [7, 11) is 3.38. The molecule has 9 heteroatoms. The molecule has 0 aliphatic carbocycles. The molecule has 2 aromatic carbocycles. The molecule has 0 spiro atoms. The highest BCUT2D eigenvalue weighted by atomic mass is 35.5. The molecule has 2 aromatic rings. The maximum Gasteiger partial charge on any atom is 0.320 e. The number of carbonyl (C=O) groups is 2. The van der Waals surface area contributed by atoms with Crippen LogP contribution in [-0.2, 0) is 4.74 Å². The van der Waals surface area contributed by atoms with Gasteiger partial charge < -0.3 is 24.8 Å².